The molecule has 1 aliphatic heterocycles. The third-order valence-electron chi connectivity index (χ3n) is 3.81. The fourth-order valence-corrected chi connectivity index (χ4v) is 3.32. The zero-order valence-electron chi connectivity index (χ0n) is 15.3. The molecule has 1 fully saturated rings. The highest BCUT2D eigenvalue weighted by Gasteiger charge is 2.36. The lowest BCUT2D eigenvalue weighted by molar-refractivity contribution is -0.386. The summed E-state index contributed by atoms with van der Waals surface area (Å²) in [5.41, 5.74) is 0.145. The highest BCUT2D eigenvalue weighted by molar-refractivity contribution is 8.18. The summed E-state index contributed by atoms with van der Waals surface area (Å²) in [5, 5.41) is 19.2. The molecule has 1 saturated heterocycles. The van der Waals surface area contributed by atoms with Crippen molar-refractivity contribution in [3.63, 3.8) is 0 Å². The molecule has 0 aliphatic carbocycles. The summed E-state index contributed by atoms with van der Waals surface area (Å²) >= 11 is 0.622. The van der Waals surface area contributed by atoms with Gasteiger partial charge < -0.3 is 14.6 Å². The summed E-state index contributed by atoms with van der Waals surface area (Å²) in [6.07, 6.45) is 2.75. The normalized spacial score (nSPS) is 14.8. The first-order valence-corrected chi connectivity index (χ1v) is 9.04. The van der Waals surface area contributed by atoms with Crippen molar-refractivity contribution in [1.82, 2.24) is 9.88 Å². The van der Waals surface area contributed by atoms with Crippen LogP contribution in [0.3, 0.4) is 0 Å². The van der Waals surface area contributed by atoms with Crippen molar-refractivity contribution in [2.45, 2.75) is 0 Å². The molecular weight excluding hydrogens is 418 g/mol. The molecule has 2 aromatic rings. The molecule has 154 valence electrons. The number of aromatic nitrogens is 1. The second kappa shape index (κ2) is 8.61. The van der Waals surface area contributed by atoms with Crippen molar-refractivity contribution in [2.75, 3.05) is 13.7 Å². The van der Waals surface area contributed by atoms with Gasteiger partial charge >= 0.3 is 11.7 Å². The number of thioether (sulfide) groups is 1. The molecule has 11 nitrogen and oxygen atoms in total. The number of ether oxygens (including phenoxy) is 2. The smallest absolute Gasteiger partial charge is 0.331 e. The molecule has 1 N–H and O–H groups in total. The largest absolute Gasteiger partial charge is 0.493 e. The molecule has 2 amide bonds. The number of rotatable bonds is 7. The van der Waals surface area contributed by atoms with Gasteiger partial charge in [0.15, 0.2) is 11.5 Å². The van der Waals surface area contributed by atoms with Crippen LogP contribution in [0, 0.1) is 10.1 Å². The number of carbonyl (C=O) groups excluding carboxylic acids is 2. The molecule has 0 spiro atoms. The second-order valence-electron chi connectivity index (χ2n) is 5.76. The minimum atomic E-state index is -1.30. The minimum Gasteiger partial charge on any atom is -0.493 e. The van der Waals surface area contributed by atoms with Gasteiger partial charge in [-0.05, 0) is 41.6 Å². The molecule has 3 rings (SSSR count). The van der Waals surface area contributed by atoms with Gasteiger partial charge in [0.25, 0.3) is 17.0 Å². The Bertz CT molecular complexity index is 1080. The van der Waals surface area contributed by atoms with E-state index in [1.807, 2.05) is 0 Å². The van der Waals surface area contributed by atoms with E-state index < -0.39 is 28.6 Å². The Morgan fingerprint density at radius 2 is 2.10 bits per heavy atom. The summed E-state index contributed by atoms with van der Waals surface area (Å²) in [4.78, 5) is 49.9. The number of carboxylic acids is 1. The number of amides is 2. The molecule has 30 heavy (non-hydrogen) atoms. The summed E-state index contributed by atoms with van der Waals surface area (Å²) < 4.78 is 10.8. The van der Waals surface area contributed by atoms with Gasteiger partial charge in [-0.15, -0.1) is 0 Å². The average Bonchev–Trinajstić information content (AvgIpc) is 2.96. The Balaban J connectivity index is 1.87. The van der Waals surface area contributed by atoms with Crippen LogP contribution >= 0.6 is 11.8 Å². The molecule has 1 aliphatic rings. The number of carboxylic acid groups (broad SMARTS) is 1. The van der Waals surface area contributed by atoms with Crippen LogP contribution in [0.15, 0.2) is 41.4 Å². The summed E-state index contributed by atoms with van der Waals surface area (Å²) in [6.45, 7) is -0.721. The lowest BCUT2D eigenvalue weighted by atomic mass is 10.2. The van der Waals surface area contributed by atoms with Crippen LogP contribution in [0.5, 0.6) is 17.4 Å². The maximum Gasteiger partial charge on any atom is 0.331 e. The van der Waals surface area contributed by atoms with Crippen molar-refractivity contribution in [3.8, 4) is 17.4 Å². The predicted octanol–water partition coefficient (Wildman–Crippen LogP) is 2.91. The van der Waals surface area contributed by atoms with Gasteiger partial charge in [-0.25, -0.2) is 4.98 Å². The topological polar surface area (TPSA) is 149 Å². The van der Waals surface area contributed by atoms with Gasteiger partial charge in [-0.3, -0.25) is 29.4 Å². The SMILES string of the molecule is COc1cc(C=C2SC(=O)N(CC(=O)O)C2=O)ccc1Oc1ncccc1[N+](=O)[O-]. The fourth-order valence-electron chi connectivity index (χ4n) is 2.49. The third-order valence-corrected chi connectivity index (χ3v) is 4.71. The monoisotopic (exact) mass is 431 g/mol. The van der Waals surface area contributed by atoms with Crippen LogP contribution in [0.4, 0.5) is 10.5 Å². The van der Waals surface area contributed by atoms with Gasteiger partial charge in [-0.1, -0.05) is 6.07 Å². The van der Waals surface area contributed by atoms with Gasteiger partial charge in [0.05, 0.1) is 16.9 Å². The Hall–Kier alpha value is -3.93. The number of hydrogen-bond donors (Lipinski definition) is 1. The standard InChI is InChI=1S/C18H13N3O8S/c1-28-13-7-10(8-14-17(24)20(9-15(22)23)18(25)30-14)4-5-12(13)29-16-11(21(26)27)3-2-6-19-16/h2-8H,9H2,1H3,(H,22,23). The van der Waals surface area contributed by atoms with Crippen molar-refractivity contribution in [2.24, 2.45) is 0 Å². The number of carbonyl (C=O) groups is 3. The number of nitro groups is 1. The number of nitrogens with zero attached hydrogens (tertiary/aromatic N) is 3. The second-order valence-corrected chi connectivity index (χ2v) is 6.75. The maximum atomic E-state index is 12.2. The van der Waals surface area contributed by atoms with E-state index in [1.54, 1.807) is 0 Å². The molecule has 0 atom stereocenters. The van der Waals surface area contributed by atoms with Gasteiger partial charge in [-0.2, -0.15) is 0 Å². The van der Waals surface area contributed by atoms with E-state index in [2.05, 4.69) is 4.98 Å². The van der Waals surface area contributed by atoms with E-state index in [1.165, 1.54) is 49.7 Å². The summed E-state index contributed by atoms with van der Waals surface area (Å²) in [7, 11) is 1.36. The third kappa shape index (κ3) is 4.38. The first-order chi connectivity index (χ1) is 14.3. The van der Waals surface area contributed by atoms with E-state index in [9.17, 15) is 24.5 Å². The number of benzene rings is 1. The zero-order chi connectivity index (χ0) is 21.8. The Morgan fingerprint density at radius 3 is 2.77 bits per heavy atom. The zero-order valence-corrected chi connectivity index (χ0v) is 16.1. The van der Waals surface area contributed by atoms with Crippen LogP contribution in [0.1, 0.15) is 5.56 Å². The van der Waals surface area contributed by atoms with E-state index in [4.69, 9.17) is 14.6 Å². The lowest BCUT2D eigenvalue weighted by Gasteiger charge is -2.10. The Morgan fingerprint density at radius 1 is 1.33 bits per heavy atom. The summed E-state index contributed by atoms with van der Waals surface area (Å²) in [6, 6.07) is 7.15. The molecular formula is C18H13N3O8S. The minimum absolute atomic E-state index is 0.0531. The van der Waals surface area contributed by atoms with Crippen molar-refractivity contribution < 1.29 is 33.9 Å². The highest BCUT2D eigenvalue weighted by atomic mass is 32.2. The van der Waals surface area contributed by atoms with Crippen molar-refractivity contribution in [1.29, 1.82) is 0 Å². The lowest BCUT2D eigenvalue weighted by Crippen LogP contribution is -2.33. The molecule has 0 radical (unpaired) electrons. The number of aliphatic carboxylic acids is 1. The number of pyridine rings is 1. The number of imide groups is 1. The van der Waals surface area contributed by atoms with Crippen molar-refractivity contribution >= 4 is 40.6 Å². The van der Waals surface area contributed by atoms with Crippen LogP contribution in [-0.2, 0) is 9.59 Å². The van der Waals surface area contributed by atoms with Crippen molar-refractivity contribution in [3.05, 3.63) is 57.1 Å². The van der Waals surface area contributed by atoms with Crippen LogP contribution in [-0.4, -0.2) is 50.7 Å². The number of methoxy groups -OCH3 is 1. The molecule has 1 aromatic carbocycles. The van der Waals surface area contributed by atoms with E-state index in [-0.39, 0.29) is 28.0 Å². The van der Waals surface area contributed by atoms with E-state index in [0.29, 0.717) is 22.2 Å². The van der Waals surface area contributed by atoms with E-state index >= 15 is 0 Å². The van der Waals surface area contributed by atoms with Crippen LogP contribution in [0.2, 0.25) is 0 Å². The Labute approximate surface area is 173 Å². The molecule has 2 heterocycles. The maximum absolute atomic E-state index is 12.2. The fraction of sp³-hybridized carbons (Fsp3) is 0.111. The predicted molar refractivity (Wildman–Crippen MR) is 104 cm³/mol. The summed E-state index contributed by atoms with van der Waals surface area (Å²) in [5.74, 6) is -1.88. The molecule has 0 bridgehead atoms. The molecule has 12 heteroatoms. The van der Waals surface area contributed by atoms with Crippen LogP contribution in [0.25, 0.3) is 6.08 Å². The first kappa shape index (κ1) is 20.8. The van der Waals surface area contributed by atoms with E-state index in [0.717, 1.165) is 0 Å². The Kier molecular flexibility index (Phi) is 5.97. The highest BCUT2D eigenvalue weighted by Crippen LogP contribution is 2.37. The quantitative estimate of drug-likeness (QED) is 0.394. The molecule has 0 saturated carbocycles. The molecule has 1 aromatic heterocycles. The van der Waals surface area contributed by atoms with Gasteiger partial charge in [0, 0.05) is 12.3 Å². The average molecular weight is 431 g/mol. The van der Waals surface area contributed by atoms with Gasteiger partial charge in [0.2, 0.25) is 0 Å². The van der Waals surface area contributed by atoms with Gasteiger partial charge in [0.1, 0.15) is 6.54 Å². The first-order valence-electron chi connectivity index (χ1n) is 8.22. The molecule has 0 unspecified atom stereocenters. The number of hydrogen-bond acceptors (Lipinski definition) is 9. The van der Waals surface area contributed by atoms with Crippen LogP contribution < -0.4 is 9.47 Å².